The van der Waals surface area contributed by atoms with Gasteiger partial charge < -0.3 is 20.3 Å². The van der Waals surface area contributed by atoms with Crippen molar-refractivity contribution in [1.29, 1.82) is 0 Å². The summed E-state index contributed by atoms with van der Waals surface area (Å²) < 4.78 is 5.97. The Labute approximate surface area is 131 Å². The molecule has 6 nitrogen and oxygen atoms in total. The highest BCUT2D eigenvalue weighted by Gasteiger charge is 2.42. The summed E-state index contributed by atoms with van der Waals surface area (Å²) in [6, 6.07) is 7.04. The molecule has 1 amide bonds. The van der Waals surface area contributed by atoms with Crippen LogP contribution >= 0.6 is 11.3 Å². The number of para-hydroxylation sites is 1. The third-order valence-corrected chi connectivity index (χ3v) is 5.02. The van der Waals surface area contributed by atoms with E-state index in [0.717, 1.165) is 10.2 Å². The second-order valence-corrected chi connectivity index (χ2v) is 6.53. The lowest BCUT2D eigenvalue weighted by Crippen LogP contribution is -2.43. The summed E-state index contributed by atoms with van der Waals surface area (Å²) in [6.07, 6.45) is -1.40. The van der Waals surface area contributed by atoms with Crippen molar-refractivity contribution in [3.05, 3.63) is 29.3 Å². The first-order chi connectivity index (χ1) is 10.6. The number of aliphatic hydroxyl groups excluding tert-OH is 2. The van der Waals surface area contributed by atoms with Crippen LogP contribution in [0.25, 0.3) is 10.2 Å². The summed E-state index contributed by atoms with van der Waals surface area (Å²) in [5.41, 5.74) is 0.780. The number of carbonyl (C=O) groups is 1. The Morgan fingerprint density at radius 3 is 2.91 bits per heavy atom. The first-order valence-electron chi connectivity index (χ1n) is 7.11. The summed E-state index contributed by atoms with van der Waals surface area (Å²) in [5.74, 6) is -0.504. The number of fused-ring (bicyclic) bond motifs is 1. The minimum Gasteiger partial charge on any atom is -0.390 e. The van der Waals surface area contributed by atoms with E-state index in [1.807, 2.05) is 24.3 Å². The van der Waals surface area contributed by atoms with Crippen molar-refractivity contribution in [1.82, 2.24) is 10.3 Å². The first kappa shape index (κ1) is 15.4. The van der Waals surface area contributed by atoms with E-state index in [0.29, 0.717) is 18.0 Å². The van der Waals surface area contributed by atoms with Crippen molar-refractivity contribution < 1.29 is 19.7 Å². The number of aromatic nitrogens is 1. The van der Waals surface area contributed by atoms with Crippen molar-refractivity contribution in [3.8, 4) is 0 Å². The zero-order valence-electron chi connectivity index (χ0n) is 12.1. The average molecular weight is 322 g/mol. The third-order valence-electron chi connectivity index (χ3n) is 3.99. The number of aliphatic hydroxyl groups is 2. The molecule has 1 heterocycles. The van der Waals surface area contributed by atoms with Crippen LogP contribution in [-0.2, 0) is 4.74 Å². The Morgan fingerprint density at radius 2 is 2.18 bits per heavy atom. The smallest absolute Gasteiger partial charge is 0.280 e. The molecule has 1 fully saturated rings. The standard InChI is InChI=1S/C15H18N2O4S/c1-21-7-8-6-10(13(19)12(8)18)16-14(20)15-17-9-4-2-3-5-11(9)22-15/h2-5,8,10,12-13,18-19H,6-7H2,1H3,(H,16,20)/t8-,10-,12-,13+/m1/s1. The van der Waals surface area contributed by atoms with Gasteiger partial charge in [-0.05, 0) is 18.6 Å². The molecule has 0 bridgehead atoms. The van der Waals surface area contributed by atoms with Crippen LogP contribution in [0.1, 0.15) is 16.2 Å². The van der Waals surface area contributed by atoms with Gasteiger partial charge in [0.15, 0.2) is 5.01 Å². The maximum atomic E-state index is 12.3. The van der Waals surface area contributed by atoms with E-state index in [9.17, 15) is 15.0 Å². The minimum absolute atomic E-state index is 0.180. The fourth-order valence-corrected chi connectivity index (χ4v) is 3.72. The molecule has 0 spiro atoms. The average Bonchev–Trinajstić information content (AvgIpc) is 3.05. The molecule has 3 rings (SSSR count). The maximum Gasteiger partial charge on any atom is 0.280 e. The molecular weight excluding hydrogens is 304 g/mol. The van der Waals surface area contributed by atoms with Gasteiger partial charge in [-0.15, -0.1) is 11.3 Å². The molecule has 1 aromatic carbocycles. The summed E-state index contributed by atoms with van der Waals surface area (Å²) in [4.78, 5) is 16.6. The predicted molar refractivity (Wildman–Crippen MR) is 82.9 cm³/mol. The van der Waals surface area contributed by atoms with Crippen LogP contribution in [0.5, 0.6) is 0 Å². The second-order valence-electron chi connectivity index (χ2n) is 5.50. The van der Waals surface area contributed by atoms with Crippen molar-refractivity contribution in [2.24, 2.45) is 5.92 Å². The molecule has 1 aliphatic rings. The van der Waals surface area contributed by atoms with Gasteiger partial charge in [0.25, 0.3) is 5.91 Å². The second kappa shape index (κ2) is 6.29. The van der Waals surface area contributed by atoms with Gasteiger partial charge in [0.2, 0.25) is 0 Å². The van der Waals surface area contributed by atoms with Gasteiger partial charge in [-0.25, -0.2) is 4.98 Å². The lowest BCUT2D eigenvalue weighted by atomic mass is 10.1. The topological polar surface area (TPSA) is 91.7 Å². The number of nitrogens with one attached hydrogen (secondary N) is 1. The van der Waals surface area contributed by atoms with Gasteiger partial charge in [0.1, 0.15) is 6.10 Å². The lowest BCUT2D eigenvalue weighted by Gasteiger charge is -2.17. The number of benzene rings is 1. The zero-order chi connectivity index (χ0) is 15.7. The molecule has 22 heavy (non-hydrogen) atoms. The monoisotopic (exact) mass is 322 g/mol. The molecular formula is C15H18N2O4S. The number of thiazole rings is 1. The number of ether oxygens (including phenoxy) is 1. The molecule has 0 saturated heterocycles. The number of methoxy groups -OCH3 is 1. The van der Waals surface area contributed by atoms with Gasteiger partial charge in [-0.1, -0.05) is 12.1 Å². The number of carbonyl (C=O) groups excluding carboxylic acids is 1. The predicted octanol–water partition coefficient (Wildman–Crippen LogP) is 0.783. The van der Waals surface area contributed by atoms with E-state index in [1.165, 1.54) is 11.3 Å². The Hall–Kier alpha value is -1.54. The van der Waals surface area contributed by atoms with E-state index >= 15 is 0 Å². The number of hydrogen-bond acceptors (Lipinski definition) is 6. The van der Waals surface area contributed by atoms with Crippen LogP contribution in [0.2, 0.25) is 0 Å². The molecule has 1 aliphatic carbocycles. The number of hydrogen-bond donors (Lipinski definition) is 3. The Balaban J connectivity index is 1.71. The van der Waals surface area contributed by atoms with E-state index < -0.39 is 18.2 Å². The normalized spacial score (nSPS) is 28.1. The van der Waals surface area contributed by atoms with Crippen LogP contribution in [0, 0.1) is 5.92 Å². The highest BCUT2D eigenvalue weighted by atomic mass is 32.1. The van der Waals surface area contributed by atoms with E-state index in [2.05, 4.69) is 10.3 Å². The Morgan fingerprint density at radius 1 is 1.41 bits per heavy atom. The van der Waals surface area contributed by atoms with E-state index in [-0.39, 0.29) is 11.8 Å². The fourth-order valence-electron chi connectivity index (χ4n) is 2.85. The first-order valence-corrected chi connectivity index (χ1v) is 7.93. The maximum absolute atomic E-state index is 12.3. The van der Waals surface area contributed by atoms with Crippen LogP contribution in [0.15, 0.2) is 24.3 Å². The molecule has 118 valence electrons. The molecule has 7 heteroatoms. The minimum atomic E-state index is -0.988. The van der Waals surface area contributed by atoms with Crippen molar-refractivity contribution in [3.63, 3.8) is 0 Å². The fraction of sp³-hybridized carbons (Fsp3) is 0.467. The van der Waals surface area contributed by atoms with Gasteiger partial charge in [-0.2, -0.15) is 0 Å². The number of nitrogens with zero attached hydrogens (tertiary/aromatic N) is 1. The van der Waals surface area contributed by atoms with Gasteiger partial charge in [0, 0.05) is 13.0 Å². The quantitative estimate of drug-likeness (QED) is 0.774. The highest BCUT2D eigenvalue weighted by molar-refractivity contribution is 7.20. The van der Waals surface area contributed by atoms with Gasteiger partial charge in [0.05, 0.1) is 29.0 Å². The van der Waals surface area contributed by atoms with Crippen molar-refractivity contribution in [2.45, 2.75) is 24.7 Å². The Kier molecular flexibility index (Phi) is 4.39. The summed E-state index contributed by atoms with van der Waals surface area (Å²) in [6.45, 7) is 0.353. The van der Waals surface area contributed by atoms with E-state index in [1.54, 1.807) is 7.11 Å². The molecule has 1 saturated carbocycles. The lowest BCUT2D eigenvalue weighted by molar-refractivity contribution is -0.00552. The third kappa shape index (κ3) is 2.85. The summed E-state index contributed by atoms with van der Waals surface area (Å²) >= 11 is 1.31. The molecule has 0 radical (unpaired) electrons. The molecule has 4 atom stereocenters. The molecule has 1 aromatic heterocycles. The van der Waals surface area contributed by atoms with Crippen molar-refractivity contribution in [2.75, 3.05) is 13.7 Å². The summed E-state index contributed by atoms with van der Waals surface area (Å²) in [5, 5.41) is 23.1. The van der Waals surface area contributed by atoms with Gasteiger partial charge >= 0.3 is 0 Å². The zero-order valence-corrected chi connectivity index (χ0v) is 12.9. The van der Waals surface area contributed by atoms with E-state index in [4.69, 9.17) is 4.74 Å². The molecule has 2 aromatic rings. The largest absolute Gasteiger partial charge is 0.390 e. The van der Waals surface area contributed by atoms with Crippen LogP contribution in [-0.4, -0.2) is 53.1 Å². The van der Waals surface area contributed by atoms with Gasteiger partial charge in [-0.3, -0.25) is 4.79 Å². The number of amides is 1. The Bertz CT molecular complexity index is 641. The SMILES string of the molecule is COC[C@H]1C[C@@H](NC(=O)c2nc3ccccc3s2)[C@H](O)[C@@H]1O. The highest BCUT2D eigenvalue weighted by Crippen LogP contribution is 2.28. The van der Waals surface area contributed by atoms with Crippen LogP contribution in [0.4, 0.5) is 0 Å². The van der Waals surface area contributed by atoms with Crippen LogP contribution in [0.3, 0.4) is 0 Å². The van der Waals surface area contributed by atoms with Crippen molar-refractivity contribution >= 4 is 27.5 Å². The molecule has 0 aliphatic heterocycles. The van der Waals surface area contributed by atoms with Crippen LogP contribution < -0.4 is 5.32 Å². The summed E-state index contributed by atoms with van der Waals surface area (Å²) in [7, 11) is 1.55. The molecule has 3 N–H and O–H groups in total. The molecule has 0 unspecified atom stereocenters. The number of rotatable bonds is 4.